The van der Waals surface area contributed by atoms with Gasteiger partial charge in [-0.3, -0.25) is 0 Å². The zero-order valence-electron chi connectivity index (χ0n) is 7.67. The number of aromatic nitrogens is 1. The van der Waals surface area contributed by atoms with Gasteiger partial charge in [-0.2, -0.15) is 0 Å². The monoisotopic (exact) mass is 211 g/mol. The molecule has 2 N–H and O–H groups in total. The summed E-state index contributed by atoms with van der Waals surface area (Å²) >= 11 is 6.02. The maximum atomic E-state index is 9.00. The van der Waals surface area contributed by atoms with Crippen LogP contribution in [-0.4, -0.2) is 17.2 Å². The Kier molecular flexibility index (Phi) is 2.35. The van der Waals surface area contributed by atoms with Crippen molar-refractivity contribution < 1.29 is 9.84 Å². The molecule has 0 spiro atoms. The minimum absolute atomic E-state index is 0.0875. The SMILES string of the molecule is COc1ccc2c(Cl)c(CO)[nH]c2c1. The van der Waals surface area contributed by atoms with E-state index in [1.807, 2.05) is 18.2 Å². The van der Waals surface area contributed by atoms with E-state index in [1.54, 1.807) is 7.11 Å². The summed E-state index contributed by atoms with van der Waals surface area (Å²) < 4.78 is 5.08. The summed E-state index contributed by atoms with van der Waals surface area (Å²) in [4.78, 5) is 3.03. The summed E-state index contributed by atoms with van der Waals surface area (Å²) in [6.45, 7) is -0.0875. The Labute approximate surface area is 86.3 Å². The van der Waals surface area contributed by atoms with Crippen LogP contribution in [0.1, 0.15) is 5.69 Å². The first kappa shape index (κ1) is 9.37. The van der Waals surface area contributed by atoms with E-state index in [0.29, 0.717) is 10.7 Å². The lowest BCUT2D eigenvalue weighted by Gasteiger charge is -1.97. The average molecular weight is 212 g/mol. The number of halogens is 1. The zero-order chi connectivity index (χ0) is 10.1. The first-order valence-electron chi connectivity index (χ1n) is 4.21. The van der Waals surface area contributed by atoms with E-state index in [9.17, 15) is 0 Å². The summed E-state index contributed by atoms with van der Waals surface area (Å²) in [5.74, 6) is 0.764. The van der Waals surface area contributed by atoms with E-state index in [0.717, 1.165) is 16.7 Å². The number of hydrogen-bond acceptors (Lipinski definition) is 2. The first-order chi connectivity index (χ1) is 6.76. The van der Waals surface area contributed by atoms with Gasteiger partial charge in [-0.05, 0) is 12.1 Å². The third-order valence-electron chi connectivity index (χ3n) is 2.17. The molecular formula is C10H10ClNO2. The molecule has 0 bridgehead atoms. The van der Waals surface area contributed by atoms with Crippen molar-refractivity contribution in [3.8, 4) is 5.75 Å². The maximum Gasteiger partial charge on any atom is 0.120 e. The van der Waals surface area contributed by atoms with Crippen molar-refractivity contribution >= 4 is 22.5 Å². The van der Waals surface area contributed by atoms with Crippen LogP contribution < -0.4 is 4.74 Å². The highest BCUT2D eigenvalue weighted by Gasteiger charge is 2.08. The summed E-state index contributed by atoms with van der Waals surface area (Å²) in [6, 6.07) is 5.55. The van der Waals surface area contributed by atoms with Gasteiger partial charge in [-0.1, -0.05) is 11.6 Å². The third kappa shape index (κ3) is 1.35. The van der Waals surface area contributed by atoms with Gasteiger partial charge in [-0.15, -0.1) is 0 Å². The van der Waals surface area contributed by atoms with Gasteiger partial charge in [0.2, 0.25) is 0 Å². The Morgan fingerprint density at radius 2 is 2.29 bits per heavy atom. The Morgan fingerprint density at radius 3 is 2.93 bits per heavy atom. The average Bonchev–Trinajstić information content (AvgIpc) is 2.55. The van der Waals surface area contributed by atoms with Crippen LogP contribution in [0.4, 0.5) is 0 Å². The van der Waals surface area contributed by atoms with Gasteiger partial charge >= 0.3 is 0 Å². The normalized spacial score (nSPS) is 10.8. The molecule has 74 valence electrons. The molecule has 1 aromatic carbocycles. The number of rotatable bonds is 2. The number of methoxy groups -OCH3 is 1. The summed E-state index contributed by atoms with van der Waals surface area (Å²) in [7, 11) is 1.61. The zero-order valence-corrected chi connectivity index (χ0v) is 8.43. The second-order valence-corrected chi connectivity index (χ2v) is 3.37. The number of ether oxygens (including phenoxy) is 1. The van der Waals surface area contributed by atoms with Crippen LogP contribution in [0, 0.1) is 0 Å². The van der Waals surface area contributed by atoms with Crippen LogP contribution in [0.25, 0.3) is 10.9 Å². The predicted octanol–water partition coefficient (Wildman–Crippen LogP) is 2.32. The molecule has 2 rings (SSSR count). The van der Waals surface area contributed by atoms with Gasteiger partial charge in [0.15, 0.2) is 0 Å². The molecule has 0 fully saturated rings. The number of aliphatic hydroxyl groups is 1. The van der Waals surface area contributed by atoms with Gasteiger partial charge in [0.1, 0.15) is 5.75 Å². The molecule has 2 aromatic rings. The maximum absolute atomic E-state index is 9.00. The number of aromatic amines is 1. The van der Waals surface area contributed by atoms with Crippen molar-refractivity contribution in [3.05, 3.63) is 28.9 Å². The first-order valence-corrected chi connectivity index (χ1v) is 4.59. The molecule has 4 heteroatoms. The smallest absolute Gasteiger partial charge is 0.120 e. The molecular weight excluding hydrogens is 202 g/mol. The second-order valence-electron chi connectivity index (χ2n) is 2.99. The number of benzene rings is 1. The molecule has 0 aliphatic carbocycles. The van der Waals surface area contributed by atoms with Crippen molar-refractivity contribution in [3.63, 3.8) is 0 Å². The molecule has 0 saturated carbocycles. The summed E-state index contributed by atoms with van der Waals surface area (Å²) in [6.07, 6.45) is 0. The predicted molar refractivity (Wildman–Crippen MR) is 55.8 cm³/mol. The summed E-state index contributed by atoms with van der Waals surface area (Å²) in [5.41, 5.74) is 1.51. The molecule has 3 nitrogen and oxygen atoms in total. The van der Waals surface area contributed by atoms with Gasteiger partial charge in [0.25, 0.3) is 0 Å². The third-order valence-corrected chi connectivity index (χ3v) is 2.60. The molecule has 0 amide bonds. The molecule has 0 aliphatic heterocycles. The number of H-pyrrole nitrogens is 1. The Morgan fingerprint density at radius 1 is 1.50 bits per heavy atom. The van der Waals surface area contributed by atoms with Gasteiger partial charge in [-0.25, -0.2) is 0 Å². The molecule has 1 aromatic heterocycles. The quantitative estimate of drug-likeness (QED) is 0.801. The lowest BCUT2D eigenvalue weighted by atomic mass is 10.2. The number of aliphatic hydroxyl groups excluding tert-OH is 1. The number of nitrogens with one attached hydrogen (secondary N) is 1. The highest BCUT2D eigenvalue weighted by molar-refractivity contribution is 6.36. The number of fused-ring (bicyclic) bond motifs is 1. The van der Waals surface area contributed by atoms with Crippen LogP contribution >= 0.6 is 11.6 Å². The highest BCUT2D eigenvalue weighted by Crippen LogP contribution is 2.29. The lowest BCUT2D eigenvalue weighted by molar-refractivity contribution is 0.278. The largest absolute Gasteiger partial charge is 0.497 e. The topological polar surface area (TPSA) is 45.2 Å². The molecule has 0 aliphatic rings. The van der Waals surface area contributed by atoms with E-state index in [1.165, 1.54) is 0 Å². The lowest BCUT2D eigenvalue weighted by Crippen LogP contribution is -1.82. The fourth-order valence-electron chi connectivity index (χ4n) is 1.43. The van der Waals surface area contributed by atoms with Crippen molar-refractivity contribution in [1.29, 1.82) is 0 Å². The van der Waals surface area contributed by atoms with Gasteiger partial charge < -0.3 is 14.8 Å². The molecule has 14 heavy (non-hydrogen) atoms. The Bertz CT molecular complexity index is 464. The van der Waals surface area contributed by atoms with Crippen molar-refractivity contribution in [2.75, 3.05) is 7.11 Å². The fraction of sp³-hybridized carbons (Fsp3) is 0.200. The molecule has 0 saturated heterocycles. The van der Waals surface area contributed by atoms with E-state index >= 15 is 0 Å². The van der Waals surface area contributed by atoms with Crippen molar-refractivity contribution in [2.45, 2.75) is 6.61 Å². The fourth-order valence-corrected chi connectivity index (χ4v) is 1.71. The molecule has 0 radical (unpaired) electrons. The second kappa shape index (κ2) is 3.52. The van der Waals surface area contributed by atoms with E-state index in [-0.39, 0.29) is 6.61 Å². The van der Waals surface area contributed by atoms with Crippen LogP contribution in [0.15, 0.2) is 18.2 Å². The number of hydrogen-bond donors (Lipinski definition) is 2. The van der Waals surface area contributed by atoms with Crippen LogP contribution in [0.5, 0.6) is 5.75 Å². The standard InChI is InChI=1S/C10H10ClNO2/c1-14-6-2-3-7-8(4-6)12-9(5-13)10(7)11/h2-4,12-13H,5H2,1H3. The molecule has 1 heterocycles. The highest BCUT2D eigenvalue weighted by atomic mass is 35.5. The molecule has 0 unspecified atom stereocenters. The Hall–Kier alpha value is -1.19. The van der Waals surface area contributed by atoms with Crippen LogP contribution in [0.2, 0.25) is 5.02 Å². The van der Waals surface area contributed by atoms with Crippen molar-refractivity contribution in [2.24, 2.45) is 0 Å². The summed E-state index contributed by atoms with van der Waals surface area (Å²) in [5, 5.41) is 10.5. The molecule has 0 atom stereocenters. The Balaban J connectivity index is 2.66. The van der Waals surface area contributed by atoms with Crippen LogP contribution in [-0.2, 0) is 6.61 Å². The van der Waals surface area contributed by atoms with Crippen molar-refractivity contribution in [1.82, 2.24) is 4.98 Å². The minimum atomic E-state index is -0.0875. The van der Waals surface area contributed by atoms with E-state index in [4.69, 9.17) is 21.4 Å². The van der Waals surface area contributed by atoms with E-state index < -0.39 is 0 Å². The van der Waals surface area contributed by atoms with Crippen LogP contribution in [0.3, 0.4) is 0 Å². The van der Waals surface area contributed by atoms with Gasteiger partial charge in [0, 0.05) is 11.5 Å². The van der Waals surface area contributed by atoms with Gasteiger partial charge in [0.05, 0.1) is 29.9 Å². The minimum Gasteiger partial charge on any atom is -0.497 e. The van der Waals surface area contributed by atoms with E-state index in [2.05, 4.69) is 4.98 Å².